The van der Waals surface area contributed by atoms with Crippen molar-refractivity contribution in [2.24, 2.45) is 17.6 Å². The van der Waals surface area contributed by atoms with Crippen LogP contribution in [0.15, 0.2) is 58.5 Å². The van der Waals surface area contributed by atoms with E-state index in [2.05, 4.69) is 10.6 Å². The SMILES string of the molecule is CO[C@H]1/C=C\C=C(/C)C(=O)NC2=CC(=O)C(NC3CCCC3)=C(C[C@@H](C)C[C@H](OC)[C@H](O)[C@@H](C)/C=C(\C)[C@@H]1OC(N)=O)C2=O. The van der Waals surface area contributed by atoms with Crippen molar-refractivity contribution in [3.63, 3.8) is 0 Å². The number of nitrogens with one attached hydrogen (secondary N) is 2. The van der Waals surface area contributed by atoms with Gasteiger partial charge in [0.15, 0.2) is 6.10 Å². The standard InChI is InChI=1S/C33H47N3O8/c1-18-14-23-28(35-22-11-7-8-12-22)25(37)17-24(30(23)39)36-32(40)19(2)10-9-13-26(42-5)31(44-33(34)41)21(4)16-20(3)29(38)27(15-18)43-6/h9-10,13,16-18,20,22,26-27,29,31,35,38H,7-8,11-12,14-15H2,1-6H3,(H2,34,41)(H,36,40)/b13-9-,19-10+,21-16+/t18-,20+,26+,27+,29-,31+/m1/s1. The van der Waals surface area contributed by atoms with E-state index in [-0.39, 0.29) is 41.1 Å². The average molecular weight is 614 g/mol. The van der Waals surface area contributed by atoms with Gasteiger partial charge in [0, 0.05) is 43.4 Å². The van der Waals surface area contributed by atoms with Crippen LogP contribution >= 0.6 is 0 Å². The molecule has 2 bridgehead atoms. The van der Waals surface area contributed by atoms with Gasteiger partial charge in [0.05, 0.1) is 23.6 Å². The van der Waals surface area contributed by atoms with Gasteiger partial charge in [-0.1, -0.05) is 51.0 Å². The fourth-order valence-corrected chi connectivity index (χ4v) is 6.02. The van der Waals surface area contributed by atoms with Crippen LogP contribution in [0, 0.1) is 11.8 Å². The first-order valence-electron chi connectivity index (χ1n) is 15.2. The summed E-state index contributed by atoms with van der Waals surface area (Å²) >= 11 is 0. The van der Waals surface area contributed by atoms with Crippen molar-refractivity contribution < 1.29 is 38.5 Å². The zero-order valence-electron chi connectivity index (χ0n) is 26.6. The number of hydrogen-bond acceptors (Lipinski definition) is 9. The molecule has 0 radical (unpaired) electrons. The summed E-state index contributed by atoms with van der Waals surface area (Å²) in [7, 11) is 2.95. The molecule has 6 atom stereocenters. The number of fused-ring (bicyclic) bond motifs is 2. The maximum atomic E-state index is 13.8. The van der Waals surface area contributed by atoms with Crippen LogP contribution in [0.3, 0.4) is 0 Å². The average Bonchev–Trinajstić information content (AvgIpc) is 3.49. The minimum absolute atomic E-state index is 0.0877. The fraction of sp³-hybridized carbons (Fsp3) is 0.576. The molecular formula is C33H47N3O8. The fourth-order valence-electron chi connectivity index (χ4n) is 6.02. The molecule has 3 aliphatic rings. The molecule has 0 spiro atoms. The molecule has 1 fully saturated rings. The summed E-state index contributed by atoms with van der Waals surface area (Å²) < 4.78 is 16.7. The number of carbonyl (C=O) groups is 4. The lowest BCUT2D eigenvalue weighted by Gasteiger charge is -2.30. The third kappa shape index (κ3) is 8.99. The Morgan fingerprint density at radius 3 is 2.39 bits per heavy atom. The van der Waals surface area contributed by atoms with Gasteiger partial charge in [-0.25, -0.2) is 4.79 Å². The molecule has 2 aliphatic carbocycles. The summed E-state index contributed by atoms with van der Waals surface area (Å²) in [6.07, 6.45) is 7.99. The number of aliphatic hydroxyl groups is 1. The number of nitrogens with two attached hydrogens (primary N) is 1. The first kappa shape index (κ1) is 34.9. The number of aliphatic hydroxyl groups excluding tert-OH is 1. The Bertz CT molecular complexity index is 1260. The van der Waals surface area contributed by atoms with Crippen LogP contribution in [0.4, 0.5) is 4.79 Å². The summed E-state index contributed by atoms with van der Waals surface area (Å²) in [4.78, 5) is 52.0. The van der Waals surface area contributed by atoms with E-state index in [4.69, 9.17) is 19.9 Å². The monoisotopic (exact) mass is 613 g/mol. The smallest absolute Gasteiger partial charge is 0.405 e. The van der Waals surface area contributed by atoms with E-state index in [0.717, 1.165) is 25.7 Å². The van der Waals surface area contributed by atoms with Crippen LogP contribution in [0.25, 0.3) is 0 Å². The molecule has 0 saturated heterocycles. The van der Waals surface area contributed by atoms with Gasteiger partial charge in [0.2, 0.25) is 11.6 Å². The Balaban J connectivity index is 2.06. The highest BCUT2D eigenvalue weighted by Crippen LogP contribution is 2.30. The number of amides is 2. The zero-order valence-corrected chi connectivity index (χ0v) is 26.6. The highest BCUT2D eigenvalue weighted by atomic mass is 16.6. The van der Waals surface area contributed by atoms with E-state index in [1.54, 1.807) is 32.1 Å². The Morgan fingerprint density at radius 1 is 1.09 bits per heavy atom. The molecular weight excluding hydrogens is 566 g/mol. The van der Waals surface area contributed by atoms with Crippen LogP contribution in [0.5, 0.6) is 0 Å². The Labute approximate surface area is 259 Å². The van der Waals surface area contributed by atoms with E-state index in [1.807, 2.05) is 13.8 Å². The number of hydrogen-bond donors (Lipinski definition) is 4. The van der Waals surface area contributed by atoms with Crippen molar-refractivity contribution in [3.8, 4) is 0 Å². The van der Waals surface area contributed by atoms with Gasteiger partial charge in [0.25, 0.3) is 5.91 Å². The van der Waals surface area contributed by atoms with E-state index in [9.17, 15) is 24.3 Å². The van der Waals surface area contributed by atoms with E-state index < -0.39 is 48.1 Å². The number of Topliss-reactive ketones (excluding diaryl/α,β-unsaturated/α-hetero) is 1. The second-order valence-electron chi connectivity index (χ2n) is 12.1. The lowest BCUT2D eigenvalue weighted by molar-refractivity contribution is -0.120. The lowest BCUT2D eigenvalue weighted by Crippen LogP contribution is -2.39. The Hall–Kier alpha value is -3.54. The number of rotatable bonds is 5. The molecule has 0 aromatic heterocycles. The molecule has 11 nitrogen and oxygen atoms in total. The minimum atomic E-state index is -0.991. The van der Waals surface area contributed by atoms with Crippen LogP contribution in [0.1, 0.15) is 66.2 Å². The van der Waals surface area contributed by atoms with Crippen LogP contribution in [-0.2, 0) is 28.6 Å². The van der Waals surface area contributed by atoms with E-state index >= 15 is 0 Å². The number of carbonyl (C=O) groups excluding carboxylic acids is 4. The van der Waals surface area contributed by atoms with Gasteiger partial charge < -0.3 is 35.7 Å². The second kappa shape index (κ2) is 16.0. The molecule has 44 heavy (non-hydrogen) atoms. The number of methoxy groups -OCH3 is 2. The maximum Gasteiger partial charge on any atom is 0.405 e. The molecule has 242 valence electrons. The normalized spacial score (nSPS) is 33.1. The minimum Gasteiger partial charge on any atom is -0.439 e. The predicted molar refractivity (Wildman–Crippen MR) is 165 cm³/mol. The third-order valence-corrected chi connectivity index (χ3v) is 8.50. The highest BCUT2D eigenvalue weighted by molar-refractivity contribution is 6.23. The number of ketones is 2. The molecule has 0 unspecified atom stereocenters. The van der Waals surface area contributed by atoms with Crippen molar-refractivity contribution in [3.05, 3.63) is 58.5 Å². The topological polar surface area (TPSA) is 166 Å². The summed E-state index contributed by atoms with van der Waals surface area (Å²) in [6, 6.07) is 0.103. The molecule has 1 aliphatic heterocycles. The van der Waals surface area contributed by atoms with Gasteiger partial charge in [-0.2, -0.15) is 0 Å². The van der Waals surface area contributed by atoms with Crippen molar-refractivity contribution in [2.75, 3.05) is 14.2 Å². The van der Waals surface area contributed by atoms with Gasteiger partial charge in [0.1, 0.15) is 6.10 Å². The molecule has 0 aromatic carbocycles. The largest absolute Gasteiger partial charge is 0.439 e. The molecule has 1 saturated carbocycles. The van der Waals surface area contributed by atoms with E-state index in [1.165, 1.54) is 26.4 Å². The van der Waals surface area contributed by atoms with Crippen molar-refractivity contribution >= 4 is 23.6 Å². The molecule has 0 aromatic rings. The summed E-state index contributed by atoms with van der Waals surface area (Å²) in [5.74, 6) is -1.93. The summed E-state index contributed by atoms with van der Waals surface area (Å²) in [5.41, 5.74) is 6.73. The second-order valence-corrected chi connectivity index (χ2v) is 12.1. The molecule has 1 heterocycles. The first-order valence-corrected chi connectivity index (χ1v) is 15.2. The quantitative estimate of drug-likeness (QED) is 0.269. The van der Waals surface area contributed by atoms with Gasteiger partial charge in [-0.05, 0) is 51.0 Å². The van der Waals surface area contributed by atoms with Gasteiger partial charge >= 0.3 is 6.09 Å². The Kier molecular flexibility index (Phi) is 12.7. The van der Waals surface area contributed by atoms with Crippen molar-refractivity contribution in [2.45, 2.75) is 96.7 Å². The van der Waals surface area contributed by atoms with Crippen LogP contribution in [-0.4, -0.2) is 73.4 Å². The molecule has 5 N–H and O–H groups in total. The van der Waals surface area contributed by atoms with Crippen molar-refractivity contribution in [1.82, 2.24) is 10.6 Å². The third-order valence-electron chi connectivity index (χ3n) is 8.50. The summed E-state index contributed by atoms with van der Waals surface area (Å²) in [6.45, 7) is 7.07. The molecule has 3 rings (SSSR count). The maximum absolute atomic E-state index is 13.8. The Morgan fingerprint density at radius 2 is 1.77 bits per heavy atom. The van der Waals surface area contributed by atoms with E-state index in [0.29, 0.717) is 17.6 Å². The highest BCUT2D eigenvalue weighted by Gasteiger charge is 2.34. The summed E-state index contributed by atoms with van der Waals surface area (Å²) in [5, 5.41) is 17.3. The molecule has 11 heteroatoms. The first-order chi connectivity index (χ1) is 20.9. The predicted octanol–water partition coefficient (Wildman–Crippen LogP) is 3.29. The van der Waals surface area contributed by atoms with Gasteiger partial charge in [-0.15, -0.1) is 0 Å². The lowest BCUT2D eigenvalue weighted by atomic mass is 9.85. The van der Waals surface area contributed by atoms with Gasteiger partial charge in [-0.3, -0.25) is 14.4 Å². The number of ether oxygens (including phenoxy) is 3. The zero-order chi connectivity index (χ0) is 32.6. The number of allylic oxidation sites excluding steroid dienone is 4. The number of primary amides is 1. The van der Waals surface area contributed by atoms with Crippen LogP contribution in [0.2, 0.25) is 0 Å². The van der Waals surface area contributed by atoms with Crippen LogP contribution < -0.4 is 16.4 Å². The molecule has 2 amide bonds. The van der Waals surface area contributed by atoms with Crippen molar-refractivity contribution in [1.29, 1.82) is 0 Å².